The molecule has 2 unspecified atom stereocenters. The number of nitrogens with one attached hydrogen (secondary N) is 1. The molecule has 21 heavy (non-hydrogen) atoms. The summed E-state index contributed by atoms with van der Waals surface area (Å²) < 4.78 is 0. The van der Waals surface area contributed by atoms with Crippen LogP contribution in [0.2, 0.25) is 0 Å². The van der Waals surface area contributed by atoms with Crippen molar-refractivity contribution in [3.8, 4) is 0 Å². The third-order valence-corrected chi connectivity index (χ3v) is 4.01. The minimum atomic E-state index is -0.422. The van der Waals surface area contributed by atoms with Crippen molar-refractivity contribution in [1.29, 1.82) is 0 Å². The Labute approximate surface area is 122 Å². The van der Waals surface area contributed by atoms with Crippen molar-refractivity contribution in [3.05, 3.63) is 5.82 Å². The Kier molecular flexibility index (Phi) is 3.60. The average Bonchev–Trinajstić information content (AvgIpc) is 3.18. The molecule has 0 radical (unpaired) electrons. The van der Waals surface area contributed by atoms with Gasteiger partial charge in [-0.3, -0.25) is 9.59 Å². The smallest absolute Gasteiger partial charge is 0.246 e. The highest BCUT2D eigenvalue weighted by molar-refractivity contribution is 5.97. The van der Waals surface area contributed by atoms with Gasteiger partial charge in [-0.15, -0.1) is 10.2 Å². The Bertz CT molecular complexity index is 553. The van der Waals surface area contributed by atoms with Gasteiger partial charge in [0.25, 0.3) is 0 Å². The second-order valence-corrected chi connectivity index (χ2v) is 5.79. The lowest BCUT2D eigenvalue weighted by Gasteiger charge is -2.38. The molecule has 1 aromatic heterocycles. The molecule has 114 valence electrons. The molecule has 2 aliphatic rings. The van der Waals surface area contributed by atoms with Crippen LogP contribution in [0.25, 0.3) is 0 Å². The second-order valence-electron chi connectivity index (χ2n) is 5.79. The van der Waals surface area contributed by atoms with Crippen molar-refractivity contribution in [3.63, 3.8) is 0 Å². The first-order valence-electron chi connectivity index (χ1n) is 7.44. The number of amides is 2. The van der Waals surface area contributed by atoms with Crippen LogP contribution in [-0.2, 0) is 23.2 Å². The molecular formula is C13H20N6O2. The molecule has 2 heterocycles. The fourth-order valence-electron chi connectivity index (χ4n) is 2.88. The first-order chi connectivity index (χ1) is 10.1. The minimum absolute atomic E-state index is 0.0270. The van der Waals surface area contributed by atoms with E-state index < -0.39 is 6.04 Å². The van der Waals surface area contributed by atoms with Crippen LogP contribution in [0.15, 0.2) is 0 Å². The number of carbonyl (C=O) groups excluding carboxylic acids is 2. The fraction of sp³-hybridized carbons (Fsp3) is 0.769. The molecule has 1 saturated carbocycles. The summed E-state index contributed by atoms with van der Waals surface area (Å²) in [7, 11) is 1.68. The molecule has 1 aliphatic heterocycles. The van der Waals surface area contributed by atoms with Crippen LogP contribution >= 0.6 is 0 Å². The van der Waals surface area contributed by atoms with E-state index in [1.807, 2.05) is 6.92 Å². The van der Waals surface area contributed by atoms with E-state index in [1.54, 1.807) is 11.9 Å². The summed E-state index contributed by atoms with van der Waals surface area (Å²) >= 11 is 0. The minimum Gasteiger partial charge on any atom is -0.342 e. The van der Waals surface area contributed by atoms with Crippen LogP contribution in [0, 0.1) is 5.92 Å². The lowest BCUT2D eigenvalue weighted by molar-refractivity contribution is -0.151. The Morgan fingerprint density at radius 1 is 1.33 bits per heavy atom. The summed E-state index contributed by atoms with van der Waals surface area (Å²) in [5.41, 5.74) is 0. The maximum atomic E-state index is 12.6. The average molecular weight is 292 g/mol. The Morgan fingerprint density at radius 2 is 2.10 bits per heavy atom. The molecule has 0 bridgehead atoms. The van der Waals surface area contributed by atoms with Crippen molar-refractivity contribution in [2.45, 2.75) is 51.2 Å². The van der Waals surface area contributed by atoms with Crippen molar-refractivity contribution < 1.29 is 9.59 Å². The SMILES string of the molecule is CCCC1NC(=O)C(C2CC2)N(Cc2nnn(C)n2)C1=O. The molecule has 1 saturated heterocycles. The summed E-state index contributed by atoms with van der Waals surface area (Å²) in [6.45, 7) is 2.25. The van der Waals surface area contributed by atoms with Gasteiger partial charge in [0, 0.05) is 0 Å². The summed E-state index contributed by atoms with van der Waals surface area (Å²) in [6.07, 6.45) is 3.50. The Morgan fingerprint density at radius 3 is 2.67 bits per heavy atom. The summed E-state index contributed by atoms with van der Waals surface area (Å²) in [5, 5.41) is 14.7. The predicted molar refractivity (Wildman–Crippen MR) is 72.7 cm³/mol. The number of hydrogen-bond donors (Lipinski definition) is 1. The molecule has 0 spiro atoms. The van der Waals surface area contributed by atoms with E-state index in [1.165, 1.54) is 4.80 Å². The quantitative estimate of drug-likeness (QED) is 0.798. The van der Waals surface area contributed by atoms with Gasteiger partial charge in [0.05, 0.1) is 13.6 Å². The highest BCUT2D eigenvalue weighted by atomic mass is 16.2. The lowest BCUT2D eigenvalue weighted by atomic mass is 10.0. The van der Waals surface area contributed by atoms with Crippen molar-refractivity contribution in [1.82, 2.24) is 30.4 Å². The van der Waals surface area contributed by atoms with Gasteiger partial charge >= 0.3 is 0 Å². The molecule has 2 amide bonds. The van der Waals surface area contributed by atoms with E-state index in [2.05, 4.69) is 20.7 Å². The van der Waals surface area contributed by atoms with Crippen LogP contribution in [0.3, 0.4) is 0 Å². The van der Waals surface area contributed by atoms with Crippen molar-refractivity contribution in [2.24, 2.45) is 13.0 Å². The molecule has 0 aromatic carbocycles. The largest absolute Gasteiger partial charge is 0.342 e. The van der Waals surface area contributed by atoms with Crippen LogP contribution in [0.4, 0.5) is 0 Å². The van der Waals surface area contributed by atoms with Gasteiger partial charge in [-0.05, 0) is 30.4 Å². The van der Waals surface area contributed by atoms with Gasteiger partial charge in [-0.2, -0.15) is 4.80 Å². The lowest BCUT2D eigenvalue weighted by Crippen LogP contribution is -2.63. The molecule has 8 nitrogen and oxygen atoms in total. The number of carbonyl (C=O) groups is 2. The van der Waals surface area contributed by atoms with Gasteiger partial charge < -0.3 is 10.2 Å². The van der Waals surface area contributed by atoms with Gasteiger partial charge in [0.2, 0.25) is 11.8 Å². The van der Waals surface area contributed by atoms with Gasteiger partial charge in [0.15, 0.2) is 5.82 Å². The van der Waals surface area contributed by atoms with Gasteiger partial charge in [-0.1, -0.05) is 13.3 Å². The Hall–Kier alpha value is -1.99. The number of hydrogen-bond acceptors (Lipinski definition) is 5. The number of tetrazole rings is 1. The Balaban J connectivity index is 1.83. The second kappa shape index (κ2) is 5.42. The fourth-order valence-corrected chi connectivity index (χ4v) is 2.88. The molecular weight excluding hydrogens is 272 g/mol. The van der Waals surface area contributed by atoms with Crippen LogP contribution in [0.1, 0.15) is 38.4 Å². The third-order valence-electron chi connectivity index (χ3n) is 4.01. The number of aryl methyl sites for hydroxylation is 1. The van der Waals surface area contributed by atoms with E-state index >= 15 is 0 Å². The van der Waals surface area contributed by atoms with Crippen molar-refractivity contribution in [2.75, 3.05) is 0 Å². The molecule has 3 rings (SSSR count). The number of rotatable bonds is 5. The van der Waals surface area contributed by atoms with Crippen LogP contribution < -0.4 is 5.32 Å². The first kappa shape index (κ1) is 14.0. The zero-order chi connectivity index (χ0) is 15.0. The molecule has 8 heteroatoms. The molecule has 1 N–H and O–H groups in total. The molecule has 1 aliphatic carbocycles. The van der Waals surface area contributed by atoms with Gasteiger partial charge in [-0.25, -0.2) is 0 Å². The molecule has 1 aromatic rings. The highest BCUT2D eigenvalue weighted by Crippen LogP contribution is 2.37. The van der Waals surface area contributed by atoms with E-state index in [9.17, 15) is 9.59 Å². The van der Waals surface area contributed by atoms with Crippen molar-refractivity contribution >= 4 is 11.8 Å². The molecule has 2 atom stereocenters. The standard InChI is InChI=1S/C13H20N6O2/c1-3-4-9-13(21)19(7-10-15-17-18(2)16-10)11(8-5-6-8)12(20)14-9/h8-9,11H,3-7H2,1-2H3,(H,14,20). The number of piperazine rings is 1. The summed E-state index contributed by atoms with van der Waals surface area (Å²) in [4.78, 5) is 28.0. The number of nitrogens with zero attached hydrogens (tertiary/aromatic N) is 5. The zero-order valence-corrected chi connectivity index (χ0v) is 12.3. The van der Waals surface area contributed by atoms with E-state index in [4.69, 9.17) is 0 Å². The third kappa shape index (κ3) is 2.74. The zero-order valence-electron chi connectivity index (χ0n) is 12.3. The van der Waals surface area contributed by atoms with Crippen LogP contribution in [0.5, 0.6) is 0 Å². The molecule has 2 fully saturated rings. The summed E-state index contributed by atoms with van der Waals surface area (Å²) in [6, 6.07) is -0.802. The van der Waals surface area contributed by atoms with Gasteiger partial charge in [0.1, 0.15) is 12.1 Å². The maximum absolute atomic E-state index is 12.6. The van der Waals surface area contributed by atoms with Crippen LogP contribution in [-0.4, -0.2) is 49.0 Å². The normalized spacial score (nSPS) is 26.1. The van der Waals surface area contributed by atoms with E-state index in [0.29, 0.717) is 12.2 Å². The summed E-state index contributed by atoms with van der Waals surface area (Å²) in [5.74, 6) is 0.676. The topological polar surface area (TPSA) is 93.0 Å². The highest BCUT2D eigenvalue weighted by Gasteiger charge is 2.47. The number of aromatic nitrogens is 4. The van der Waals surface area contributed by atoms with E-state index in [-0.39, 0.29) is 30.3 Å². The first-order valence-corrected chi connectivity index (χ1v) is 7.44. The predicted octanol–water partition coefficient (Wildman–Crippen LogP) is -0.384. The maximum Gasteiger partial charge on any atom is 0.246 e. The monoisotopic (exact) mass is 292 g/mol. The van der Waals surface area contributed by atoms with E-state index in [0.717, 1.165) is 19.3 Å².